The molecule has 0 aliphatic carbocycles. The van der Waals surface area contributed by atoms with Crippen LogP contribution in [0.2, 0.25) is 0 Å². The minimum Gasteiger partial charge on any atom is -0.504 e. The van der Waals surface area contributed by atoms with Crippen LogP contribution in [-0.2, 0) is 24.8 Å². The summed E-state index contributed by atoms with van der Waals surface area (Å²) in [6.45, 7) is 4.87. The number of hydrogen-bond donors (Lipinski definition) is 3. The van der Waals surface area contributed by atoms with Gasteiger partial charge < -0.3 is 30.0 Å². The fourth-order valence-electron chi connectivity index (χ4n) is 4.67. The third kappa shape index (κ3) is 9.48. The number of aromatic hydroxyl groups is 1. The number of esters is 2. The Bertz CT molecular complexity index is 2070. The third-order valence-electron chi connectivity index (χ3n) is 7.16. The lowest BCUT2D eigenvalue weighted by Gasteiger charge is -2.16. The van der Waals surface area contributed by atoms with E-state index in [4.69, 9.17) is 14.2 Å². The van der Waals surface area contributed by atoms with Gasteiger partial charge in [0.15, 0.2) is 12.4 Å². The summed E-state index contributed by atoms with van der Waals surface area (Å²) in [6, 6.07) is 23.6. The number of aromatic nitrogens is 4. The second kappa shape index (κ2) is 16.9. The maximum Gasteiger partial charge on any atom is 0.344 e. The highest BCUT2D eigenvalue weighted by molar-refractivity contribution is 7.98. The van der Waals surface area contributed by atoms with Crippen molar-refractivity contribution in [3.8, 4) is 22.9 Å². The standard InChI is InChI=1S/C36H34N6O8S/c1-4-31(43)37-28-18-27(19-29(33(28)45)38-34(46)23-12-8-10-22(3)16-23)50-30-15-7-6-11-25(30)21-51-36-39-40-41-42(36)26-14-9-13-24(17-26)35(47)49-20-32(44)48-5-2/h6-19,45H,4-5,20-21H2,1-3H3,(H,37,43)(H,38,46). The van der Waals surface area contributed by atoms with Crippen molar-refractivity contribution in [3.05, 3.63) is 107 Å². The average Bonchev–Trinajstić information content (AvgIpc) is 3.61. The number of amides is 2. The van der Waals surface area contributed by atoms with Crippen LogP contribution >= 0.6 is 11.8 Å². The van der Waals surface area contributed by atoms with Crippen molar-refractivity contribution < 1.29 is 38.5 Å². The summed E-state index contributed by atoms with van der Waals surface area (Å²) in [4.78, 5) is 49.5. The fraction of sp³-hybridized carbons (Fsp3) is 0.194. The molecule has 15 heteroatoms. The number of aryl methyl sites for hydroxylation is 1. The van der Waals surface area contributed by atoms with Gasteiger partial charge in [-0.25, -0.2) is 9.59 Å². The van der Waals surface area contributed by atoms with E-state index in [1.807, 2.05) is 25.1 Å². The number of anilines is 2. The molecule has 0 radical (unpaired) electrons. The molecule has 0 saturated heterocycles. The van der Waals surface area contributed by atoms with Crippen LogP contribution in [0.25, 0.3) is 5.69 Å². The number of nitrogens with zero attached hydrogens (tertiary/aromatic N) is 4. The van der Waals surface area contributed by atoms with Crippen LogP contribution in [0.3, 0.4) is 0 Å². The molecule has 0 bridgehead atoms. The Balaban J connectivity index is 1.35. The number of thioether (sulfide) groups is 1. The largest absolute Gasteiger partial charge is 0.504 e. The summed E-state index contributed by atoms with van der Waals surface area (Å²) in [5.74, 6) is -1.41. The molecule has 1 heterocycles. The van der Waals surface area contributed by atoms with E-state index in [2.05, 4.69) is 26.2 Å². The van der Waals surface area contributed by atoms with Gasteiger partial charge in [0.2, 0.25) is 11.1 Å². The number of nitrogens with one attached hydrogen (secondary N) is 2. The smallest absolute Gasteiger partial charge is 0.344 e. The molecular weight excluding hydrogens is 676 g/mol. The van der Waals surface area contributed by atoms with Gasteiger partial charge in [0, 0.05) is 35.4 Å². The molecule has 3 N–H and O–H groups in total. The topological polar surface area (TPSA) is 184 Å². The quantitative estimate of drug-likeness (QED) is 0.0687. The van der Waals surface area contributed by atoms with Gasteiger partial charge in [-0.2, -0.15) is 4.68 Å². The molecule has 0 atom stereocenters. The Morgan fingerprint density at radius 3 is 2.37 bits per heavy atom. The number of hydrogen-bond acceptors (Lipinski definition) is 12. The first kappa shape index (κ1) is 36.1. The lowest BCUT2D eigenvalue weighted by Crippen LogP contribution is -2.16. The number of benzene rings is 4. The van der Waals surface area contributed by atoms with Crippen molar-refractivity contribution in [2.24, 2.45) is 0 Å². The zero-order valence-corrected chi connectivity index (χ0v) is 28.7. The monoisotopic (exact) mass is 710 g/mol. The van der Waals surface area contributed by atoms with E-state index >= 15 is 0 Å². The van der Waals surface area contributed by atoms with Gasteiger partial charge >= 0.3 is 11.9 Å². The molecule has 5 rings (SSSR count). The molecule has 0 unspecified atom stereocenters. The lowest BCUT2D eigenvalue weighted by molar-refractivity contribution is -0.146. The molecule has 262 valence electrons. The summed E-state index contributed by atoms with van der Waals surface area (Å²) < 4.78 is 17.6. The van der Waals surface area contributed by atoms with Crippen LogP contribution in [0.5, 0.6) is 17.2 Å². The molecule has 5 aromatic rings. The highest BCUT2D eigenvalue weighted by atomic mass is 32.2. The predicted molar refractivity (Wildman–Crippen MR) is 188 cm³/mol. The Morgan fingerprint density at radius 2 is 1.61 bits per heavy atom. The molecule has 0 spiro atoms. The number of tetrazole rings is 1. The van der Waals surface area contributed by atoms with Crippen molar-refractivity contribution in [3.63, 3.8) is 0 Å². The zero-order chi connectivity index (χ0) is 36.3. The van der Waals surface area contributed by atoms with Gasteiger partial charge in [0.25, 0.3) is 5.91 Å². The average molecular weight is 711 g/mol. The van der Waals surface area contributed by atoms with Crippen molar-refractivity contribution in [1.29, 1.82) is 0 Å². The maximum atomic E-state index is 13.1. The molecular formula is C36H34N6O8S. The minimum absolute atomic E-state index is 0.0449. The molecule has 2 amide bonds. The van der Waals surface area contributed by atoms with Crippen LogP contribution in [0.15, 0.2) is 90.1 Å². The van der Waals surface area contributed by atoms with Crippen molar-refractivity contribution in [2.45, 2.75) is 38.1 Å². The lowest BCUT2D eigenvalue weighted by atomic mass is 10.1. The highest BCUT2D eigenvalue weighted by Crippen LogP contribution is 2.40. The van der Waals surface area contributed by atoms with E-state index < -0.39 is 24.5 Å². The summed E-state index contributed by atoms with van der Waals surface area (Å²) in [5, 5.41) is 28.8. The van der Waals surface area contributed by atoms with Gasteiger partial charge in [-0.1, -0.05) is 60.6 Å². The first-order chi connectivity index (χ1) is 24.6. The first-order valence-electron chi connectivity index (χ1n) is 15.8. The van der Waals surface area contributed by atoms with Crippen LogP contribution in [0.1, 0.15) is 52.1 Å². The molecule has 0 saturated carbocycles. The SMILES string of the molecule is CCOC(=O)COC(=O)c1cccc(-n2nnnc2SCc2ccccc2Oc2cc(NC(=O)CC)c(O)c(NC(=O)c3cccc(C)c3)c2)c1. The zero-order valence-electron chi connectivity index (χ0n) is 27.9. The van der Waals surface area contributed by atoms with Gasteiger partial charge in [-0.15, -0.1) is 5.10 Å². The van der Waals surface area contributed by atoms with Gasteiger partial charge in [-0.05, 0) is 60.7 Å². The minimum atomic E-state index is -0.706. The third-order valence-corrected chi connectivity index (χ3v) is 8.13. The van der Waals surface area contributed by atoms with Gasteiger partial charge in [0.1, 0.15) is 11.5 Å². The molecule has 0 fully saturated rings. The predicted octanol–water partition coefficient (Wildman–Crippen LogP) is 6.08. The molecule has 14 nitrogen and oxygen atoms in total. The van der Waals surface area contributed by atoms with Crippen LogP contribution in [0, 0.1) is 6.92 Å². The number of para-hydroxylation sites is 1. The first-order valence-corrected chi connectivity index (χ1v) is 16.8. The van der Waals surface area contributed by atoms with E-state index in [0.29, 0.717) is 27.9 Å². The second-order valence-electron chi connectivity index (χ2n) is 10.9. The number of ether oxygens (including phenoxy) is 3. The van der Waals surface area contributed by atoms with E-state index in [1.54, 1.807) is 68.4 Å². The fourth-order valence-corrected chi connectivity index (χ4v) is 5.56. The number of carbonyl (C=O) groups is 4. The maximum absolute atomic E-state index is 13.1. The van der Waals surface area contributed by atoms with Gasteiger partial charge in [0.05, 0.1) is 29.2 Å². The Morgan fingerprint density at radius 1 is 0.863 bits per heavy atom. The molecule has 51 heavy (non-hydrogen) atoms. The van der Waals surface area contributed by atoms with Crippen LogP contribution < -0.4 is 15.4 Å². The molecule has 1 aromatic heterocycles. The Labute approximate surface area is 297 Å². The van der Waals surface area contributed by atoms with E-state index in [9.17, 15) is 24.3 Å². The summed E-state index contributed by atoms with van der Waals surface area (Å²) in [5.41, 5.74) is 2.84. The van der Waals surface area contributed by atoms with Crippen molar-refractivity contribution in [2.75, 3.05) is 23.8 Å². The number of rotatable bonds is 14. The van der Waals surface area contributed by atoms with Gasteiger partial charge in [-0.3, -0.25) is 9.59 Å². The molecule has 4 aromatic carbocycles. The summed E-state index contributed by atoms with van der Waals surface area (Å²) in [6.07, 6.45) is 0.166. The van der Waals surface area contributed by atoms with E-state index in [1.165, 1.54) is 28.6 Å². The summed E-state index contributed by atoms with van der Waals surface area (Å²) in [7, 11) is 0. The van der Waals surface area contributed by atoms with E-state index in [-0.39, 0.29) is 47.4 Å². The van der Waals surface area contributed by atoms with Crippen LogP contribution in [0.4, 0.5) is 11.4 Å². The number of phenols is 1. The van der Waals surface area contributed by atoms with Crippen LogP contribution in [-0.4, -0.2) is 62.3 Å². The Kier molecular flexibility index (Phi) is 12.0. The number of carbonyl (C=O) groups excluding carboxylic acids is 4. The normalized spacial score (nSPS) is 10.6. The second-order valence-corrected chi connectivity index (χ2v) is 11.8. The number of phenolic OH excluding ortho intramolecular Hbond substituents is 1. The Hall–Kier alpha value is -6.22. The highest BCUT2D eigenvalue weighted by Gasteiger charge is 2.19. The molecule has 0 aliphatic heterocycles. The van der Waals surface area contributed by atoms with Crippen molar-refractivity contribution >= 4 is 46.9 Å². The van der Waals surface area contributed by atoms with E-state index in [0.717, 1.165) is 11.1 Å². The summed E-state index contributed by atoms with van der Waals surface area (Å²) >= 11 is 1.30. The van der Waals surface area contributed by atoms with Crippen molar-refractivity contribution in [1.82, 2.24) is 20.2 Å². The molecule has 0 aliphatic rings.